The van der Waals surface area contributed by atoms with Crippen LogP contribution in [0, 0.1) is 5.82 Å². The van der Waals surface area contributed by atoms with E-state index < -0.39 is 15.8 Å². The highest BCUT2D eigenvalue weighted by Crippen LogP contribution is 2.24. The van der Waals surface area contributed by atoms with E-state index in [1.807, 2.05) is 57.4 Å². The van der Waals surface area contributed by atoms with E-state index in [9.17, 15) is 12.8 Å². The van der Waals surface area contributed by atoms with Gasteiger partial charge in [0.25, 0.3) is 0 Å². The number of rotatable bonds is 8. The zero-order chi connectivity index (χ0) is 20.2. The molecule has 0 aromatic heterocycles. The minimum atomic E-state index is -3.92. The zero-order valence-electron chi connectivity index (χ0n) is 16.3. The van der Waals surface area contributed by atoms with E-state index in [0.29, 0.717) is 0 Å². The standard InChI is InChI=1S/C19H26FN3O3S/c1-22(2)16-9-6-14(7-10-16)17(23(3)4)13-21-27(24,25)19-12-15(20)8-11-18(19)26-5/h6-12,17,21H,13H2,1-5H3/p+1/t17-/m1/s1. The topological polar surface area (TPSA) is 63.1 Å². The molecule has 6 nitrogen and oxygen atoms in total. The Morgan fingerprint density at radius 2 is 1.78 bits per heavy atom. The lowest BCUT2D eigenvalue weighted by Crippen LogP contribution is -3.07. The van der Waals surface area contributed by atoms with Gasteiger partial charge in [0.15, 0.2) is 0 Å². The first-order chi connectivity index (χ1) is 12.7. The Balaban J connectivity index is 2.24. The van der Waals surface area contributed by atoms with E-state index in [-0.39, 0.29) is 23.2 Å². The molecule has 0 aliphatic carbocycles. The van der Waals surface area contributed by atoms with Gasteiger partial charge in [0.05, 0.1) is 27.7 Å². The Bertz CT molecular complexity index is 868. The number of anilines is 1. The first-order valence-electron chi connectivity index (χ1n) is 8.56. The van der Waals surface area contributed by atoms with Crippen molar-refractivity contribution in [2.45, 2.75) is 10.9 Å². The van der Waals surface area contributed by atoms with Gasteiger partial charge >= 0.3 is 0 Å². The molecule has 2 aromatic rings. The Kier molecular flexibility index (Phi) is 6.80. The highest BCUT2D eigenvalue weighted by molar-refractivity contribution is 7.89. The highest BCUT2D eigenvalue weighted by atomic mass is 32.2. The predicted molar refractivity (Wildman–Crippen MR) is 104 cm³/mol. The quantitative estimate of drug-likeness (QED) is 0.701. The van der Waals surface area contributed by atoms with E-state index in [1.165, 1.54) is 13.2 Å². The molecular weight excluding hydrogens is 369 g/mol. The number of ether oxygens (including phenoxy) is 1. The van der Waals surface area contributed by atoms with Gasteiger partial charge in [-0.2, -0.15) is 0 Å². The van der Waals surface area contributed by atoms with Crippen molar-refractivity contribution in [1.29, 1.82) is 0 Å². The second kappa shape index (κ2) is 8.69. The van der Waals surface area contributed by atoms with Crippen LogP contribution in [0.1, 0.15) is 11.6 Å². The summed E-state index contributed by atoms with van der Waals surface area (Å²) in [6, 6.07) is 11.3. The molecule has 2 rings (SSSR count). The van der Waals surface area contributed by atoms with Crippen molar-refractivity contribution in [3.8, 4) is 5.75 Å². The van der Waals surface area contributed by atoms with Crippen molar-refractivity contribution < 1.29 is 22.4 Å². The lowest BCUT2D eigenvalue weighted by molar-refractivity contribution is -0.890. The molecule has 148 valence electrons. The summed E-state index contributed by atoms with van der Waals surface area (Å²) in [5, 5.41) is 0. The molecule has 0 aliphatic heterocycles. The number of nitrogens with one attached hydrogen (secondary N) is 2. The van der Waals surface area contributed by atoms with Gasteiger partial charge in [-0.25, -0.2) is 17.5 Å². The smallest absolute Gasteiger partial charge is 0.244 e. The van der Waals surface area contributed by atoms with Gasteiger partial charge < -0.3 is 14.5 Å². The Morgan fingerprint density at radius 3 is 2.30 bits per heavy atom. The Hall–Kier alpha value is -2.16. The number of hydrogen-bond donors (Lipinski definition) is 2. The summed E-state index contributed by atoms with van der Waals surface area (Å²) in [6.07, 6.45) is 0. The highest BCUT2D eigenvalue weighted by Gasteiger charge is 2.25. The van der Waals surface area contributed by atoms with Gasteiger partial charge in [-0.15, -0.1) is 0 Å². The second-order valence-electron chi connectivity index (χ2n) is 6.76. The summed E-state index contributed by atoms with van der Waals surface area (Å²) in [5.41, 5.74) is 2.07. The molecule has 0 saturated carbocycles. The van der Waals surface area contributed by atoms with Crippen LogP contribution in [0.2, 0.25) is 0 Å². The maximum atomic E-state index is 13.6. The summed E-state index contributed by atoms with van der Waals surface area (Å²) < 4.78 is 46.6. The molecule has 0 heterocycles. The van der Waals surface area contributed by atoms with Gasteiger partial charge in [0, 0.05) is 25.3 Å². The number of nitrogens with zero attached hydrogens (tertiary/aromatic N) is 1. The van der Waals surface area contributed by atoms with Crippen molar-refractivity contribution in [2.75, 3.05) is 46.7 Å². The summed E-state index contributed by atoms with van der Waals surface area (Å²) in [7, 11) is 5.28. The summed E-state index contributed by atoms with van der Waals surface area (Å²) in [5.74, 6) is -0.529. The van der Waals surface area contributed by atoms with E-state index in [2.05, 4.69) is 4.72 Å². The number of methoxy groups -OCH3 is 1. The molecule has 0 aliphatic rings. The Morgan fingerprint density at radius 1 is 1.15 bits per heavy atom. The third-order valence-electron chi connectivity index (χ3n) is 4.40. The number of quaternary nitrogens is 1. The van der Waals surface area contributed by atoms with Crippen LogP contribution in [-0.2, 0) is 10.0 Å². The number of hydrogen-bond acceptors (Lipinski definition) is 4. The molecule has 0 saturated heterocycles. The molecule has 0 amide bonds. The van der Waals surface area contributed by atoms with Crippen LogP contribution in [0.4, 0.5) is 10.1 Å². The van der Waals surface area contributed by atoms with Crippen molar-refractivity contribution >= 4 is 15.7 Å². The largest absolute Gasteiger partial charge is 0.495 e. The van der Waals surface area contributed by atoms with Crippen molar-refractivity contribution in [3.05, 3.63) is 53.8 Å². The van der Waals surface area contributed by atoms with E-state index in [1.54, 1.807) is 0 Å². The lowest BCUT2D eigenvalue weighted by Gasteiger charge is -2.23. The van der Waals surface area contributed by atoms with Crippen LogP contribution in [0.25, 0.3) is 0 Å². The van der Waals surface area contributed by atoms with Gasteiger partial charge in [-0.05, 0) is 30.3 Å². The fourth-order valence-electron chi connectivity index (χ4n) is 2.79. The number of halogens is 1. The number of sulfonamides is 1. The first-order valence-corrected chi connectivity index (χ1v) is 10.0. The maximum Gasteiger partial charge on any atom is 0.244 e. The summed E-state index contributed by atoms with van der Waals surface area (Å²) >= 11 is 0. The van der Waals surface area contributed by atoms with Crippen LogP contribution < -0.4 is 19.3 Å². The number of benzene rings is 2. The van der Waals surface area contributed by atoms with Gasteiger partial charge in [-0.3, -0.25) is 0 Å². The van der Waals surface area contributed by atoms with Crippen LogP contribution >= 0.6 is 0 Å². The third kappa shape index (κ3) is 5.18. The second-order valence-corrected chi connectivity index (χ2v) is 8.50. The van der Waals surface area contributed by atoms with Crippen molar-refractivity contribution in [1.82, 2.24) is 4.72 Å². The molecule has 2 N–H and O–H groups in total. The normalized spacial score (nSPS) is 12.9. The molecular formula is C19H27FN3O3S+. The lowest BCUT2D eigenvalue weighted by atomic mass is 10.1. The fourth-order valence-corrected chi connectivity index (χ4v) is 4.02. The SMILES string of the molecule is COc1ccc(F)cc1S(=O)(=O)NC[C@H](c1ccc(N(C)C)cc1)[NH+](C)C. The van der Waals surface area contributed by atoms with Crippen molar-refractivity contribution in [3.63, 3.8) is 0 Å². The van der Waals surface area contributed by atoms with Gasteiger partial charge in [0.2, 0.25) is 10.0 Å². The molecule has 0 bridgehead atoms. The van der Waals surface area contributed by atoms with E-state index in [4.69, 9.17) is 4.74 Å². The summed E-state index contributed by atoms with van der Waals surface area (Å²) in [4.78, 5) is 2.86. The molecule has 0 radical (unpaired) electrons. The van der Waals surface area contributed by atoms with Crippen LogP contribution in [-0.4, -0.2) is 50.3 Å². The molecule has 0 fully saturated rings. The van der Waals surface area contributed by atoms with Gasteiger partial charge in [0.1, 0.15) is 22.5 Å². The molecule has 27 heavy (non-hydrogen) atoms. The minimum absolute atomic E-state index is 0.101. The number of likely N-dealkylation sites (N-methyl/N-ethyl adjacent to an activating group) is 1. The Labute approximate surface area is 160 Å². The van der Waals surface area contributed by atoms with Crippen LogP contribution in [0.5, 0.6) is 5.75 Å². The monoisotopic (exact) mass is 396 g/mol. The average molecular weight is 397 g/mol. The predicted octanol–water partition coefficient (Wildman–Crippen LogP) is 1.06. The van der Waals surface area contributed by atoms with Gasteiger partial charge in [-0.1, -0.05) is 12.1 Å². The molecule has 8 heteroatoms. The first kappa shape index (κ1) is 21.1. The van der Waals surface area contributed by atoms with Crippen LogP contribution in [0.3, 0.4) is 0 Å². The van der Waals surface area contributed by atoms with E-state index in [0.717, 1.165) is 28.3 Å². The molecule has 0 unspecified atom stereocenters. The maximum absolute atomic E-state index is 13.6. The molecule has 1 atom stereocenters. The third-order valence-corrected chi connectivity index (χ3v) is 5.85. The average Bonchev–Trinajstić information content (AvgIpc) is 2.62. The fraction of sp³-hybridized carbons (Fsp3) is 0.368. The molecule has 0 spiro atoms. The summed E-state index contributed by atoms with van der Waals surface area (Å²) in [6.45, 7) is 0.172. The minimum Gasteiger partial charge on any atom is -0.495 e. The molecule has 2 aromatic carbocycles. The van der Waals surface area contributed by atoms with Crippen LogP contribution in [0.15, 0.2) is 47.4 Å². The van der Waals surface area contributed by atoms with E-state index >= 15 is 0 Å². The zero-order valence-corrected chi connectivity index (χ0v) is 17.1. The van der Waals surface area contributed by atoms with Crippen molar-refractivity contribution in [2.24, 2.45) is 0 Å².